The number of esters is 1. The van der Waals surface area contributed by atoms with Gasteiger partial charge in [-0.1, -0.05) is 42.5 Å². The van der Waals surface area contributed by atoms with Crippen LogP contribution >= 0.6 is 0 Å². The number of carbonyl (C=O) groups excluding carboxylic acids is 4. The second-order valence-corrected chi connectivity index (χ2v) is 6.27. The maximum atomic E-state index is 12.9. The van der Waals surface area contributed by atoms with Gasteiger partial charge in [0.25, 0.3) is 5.91 Å². The number of fused-ring (bicyclic) bond motifs is 2. The highest BCUT2D eigenvalue weighted by molar-refractivity contribution is 6.30. The molecule has 1 aliphatic rings. The van der Waals surface area contributed by atoms with Crippen molar-refractivity contribution in [3.05, 3.63) is 94.8 Å². The molecule has 0 radical (unpaired) electrons. The maximum absolute atomic E-state index is 12.9. The summed E-state index contributed by atoms with van der Waals surface area (Å²) in [6, 6.07) is 15.9. The van der Waals surface area contributed by atoms with Crippen molar-refractivity contribution in [1.29, 1.82) is 0 Å². The third-order valence-corrected chi connectivity index (χ3v) is 4.43. The summed E-state index contributed by atoms with van der Waals surface area (Å²) in [5, 5.41) is 2.55. The van der Waals surface area contributed by atoms with Gasteiger partial charge >= 0.3 is 5.97 Å². The first-order chi connectivity index (χ1) is 14.1. The Bertz CT molecular complexity index is 1150. The van der Waals surface area contributed by atoms with Crippen molar-refractivity contribution in [2.24, 2.45) is 0 Å². The SMILES string of the molecule is O=C(COC(=O)c1ccccn1)Nc1cccc2c1C(=O)c1ccccc1C2=O. The molecule has 7 nitrogen and oxygen atoms in total. The predicted molar refractivity (Wildman–Crippen MR) is 103 cm³/mol. The molecule has 3 aromatic rings. The first-order valence-corrected chi connectivity index (χ1v) is 8.75. The second-order valence-electron chi connectivity index (χ2n) is 6.27. The molecule has 4 rings (SSSR count). The number of ether oxygens (including phenoxy) is 1. The highest BCUT2D eigenvalue weighted by Crippen LogP contribution is 2.31. The van der Waals surface area contributed by atoms with Gasteiger partial charge in [0.2, 0.25) is 0 Å². The van der Waals surface area contributed by atoms with Gasteiger partial charge in [0.15, 0.2) is 18.2 Å². The van der Waals surface area contributed by atoms with E-state index in [0.717, 1.165) is 0 Å². The zero-order valence-electron chi connectivity index (χ0n) is 15.0. The molecule has 0 fully saturated rings. The Balaban J connectivity index is 1.53. The summed E-state index contributed by atoms with van der Waals surface area (Å²) >= 11 is 0. The summed E-state index contributed by atoms with van der Waals surface area (Å²) < 4.78 is 4.95. The topological polar surface area (TPSA) is 102 Å². The molecule has 142 valence electrons. The van der Waals surface area contributed by atoms with Gasteiger partial charge in [0.1, 0.15) is 5.69 Å². The minimum atomic E-state index is -0.740. The van der Waals surface area contributed by atoms with Crippen LogP contribution in [0.5, 0.6) is 0 Å². The molecule has 7 heteroatoms. The molecule has 0 saturated heterocycles. The number of ketones is 2. The first kappa shape index (κ1) is 18.2. The van der Waals surface area contributed by atoms with Gasteiger partial charge < -0.3 is 10.1 Å². The van der Waals surface area contributed by atoms with E-state index in [1.54, 1.807) is 48.5 Å². The van der Waals surface area contributed by atoms with Crippen LogP contribution in [0.25, 0.3) is 0 Å². The molecule has 0 unspecified atom stereocenters. The van der Waals surface area contributed by atoms with Crippen LogP contribution in [0.3, 0.4) is 0 Å². The monoisotopic (exact) mass is 386 g/mol. The largest absolute Gasteiger partial charge is 0.451 e. The molecular formula is C22H14N2O5. The molecule has 1 aliphatic carbocycles. The smallest absolute Gasteiger partial charge is 0.357 e. The number of pyridine rings is 1. The minimum Gasteiger partial charge on any atom is -0.451 e. The van der Waals surface area contributed by atoms with Crippen molar-refractivity contribution in [1.82, 2.24) is 4.98 Å². The minimum absolute atomic E-state index is 0.0785. The van der Waals surface area contributed by atoms with E-state index in [2.05, 4.69) is 10.3 Å². The quantitative estimate of drug-likeness (QED) is 0.541. The van der Waals surface area contributed by atoms with Crippen molar-refractivity contribution >= 4 is 29.1 Å². The number of rotatable bonds is 4. The number of hydrogen-bond donors (Lipinski definition) is 1. The van der Waals surface area contributed by atoms with Gasteiger partial charge in [0.05, 0.1) is 11.3 Å². The van der Waals surface area contributed by atoms with Crippen molar-refractivity contribution in [2.45, 2.75) is 0 Å². The standard InChI is InChI=1S/C22H14N2O5/c25-18(12-29-22(28)17-9-3-4-11-23-17)24-16-10-5-8-15-19(16)21(27)14-7-2-1-6-13(14)20(15)26/h1-11H,12H2,(H,24,25). The lowest BCUT2D eigenvalue weighted by atomic mass is 9.83. The predicted octanol–water partition coefficient (Wildman–Crippen LogP) is 2.65. The number of nitrogens with one attached hydrogen (secondary N) is 1. The van der Waals surface area contributed by atoms with Gasteiger partial charge in [-0.3, -0.25) is 14.4 Å². The fourth-order valence-electron chi connectivity index (χ4n) is 3.12. The number of aromatic nitrogens is 1. The number of anilines is 1. The summed E-state index contributed by atoms with van der Waals surface area (Å²) in [5.41, 5.74) is 1.23. The molecule has 2 aromatic carbocycles. The van der Waals surface area contributed by atoms with Crippen LogP contribution in [0, 0.1) is 0 Å². The first-order valence-electron chi connectivity index (χ1n) is 8.75. The van der Waals surface area contributed by atoms with E-state index in [1.165, 1.54) is 18.3 Å². The van der Waals surface area contributed by atoms with Gasteiger partial charge in [-0.15, -0.1) is 0 Å². The molecular weight excluding hydrogens is 372 g/mol. The Morgan fingerprint density at radius 2 is 1.52 bits per heavy atom. The highest BCUT2D eigenvalue weighted by Gasteiger charge is 2.31. The van der Waals surface area contributed by atoms with E-state index in [1.807, 2.05) is 0 Å². The molecule has 1 heterocycles. The molecule has 1 N–H and O–H groups in total. The third kappa shape index (κ3) is 3.41. The molecule has 1 amide bonds. The summed E-state index contributed by atoms with van der Waals surface area (Å²) in [6.07, 6.45) is 1.44. The normalized spacial score (nSPS) is 12.0. The van der Waals surface area contributed by atoms with Crippen LogP contribution in [0.15, 0.2) is 66.9 Å². The Labute approximate surface area is 165 Å². The number of nitrogens with zero attached hydrogens (tertiary/aromatic N) is 1. The summed E-state index contributed by atoms with van der Waals surface area (Å²) in [7, 11) is 0. The van der Waals surface area contributed by atoms with Gasteiger partial charge in [-0.05, 0) is 18.2 Å². The van der Waals surface area contributed by atoms with Gasteiger partial charge in [-0.25, -0.2) is 9.78 Å². The van der Waals surface area contributed by atoms with Crippen LogP contribution in [0.1, 0.15) is 42.3 Å². The van der Waals surface area contributed by atoms with E-state index in [9.17, 15) is 19.2 Å². The average molecular weight is 386 g/mol. The van der Waals surface area contributed by atoms with Crippen molar-refractivity contribution in [2.75, 3.05) is 11.9 Å². The molecule has 0 saturated carbocycles. The molecule has 0 spiro atoms. The Kier molecular flexibility index (Phi) is 4.70. The lowest BCUT2D eigenvalue weighted by molar-refractivity contribution is -0.119. The number of hydrogen-bond acceptors (Lipinski definition) is 6. The molecule has 29 heavy (non-hydrogen) atoms. The number of benzene rings is 2. The lowest BCUT2D eigenvalue weighted by Crippen LogP contribution is -2.26. The van der Waals surface area contributed by atoms with Crippen LogP contribution in [-0.4, -0.2) is 35.0 Å². The Hall–Kier alpha value is -4.13. The molecule has 0 aliphatic heterocycles. The summed E-state index contributed by atoms with van der Waals surface area (Å²) in [4.78, 5) is 53.6. The maximum Gasteiger partial charge on any atom is 0.357 e. The van der Waals surface area contributed by atoms with Crippen molar-refractivity contribution in [3.63, 3.8) is 0 Å². The van der Waals surface area contributed by atoms with Crippen LogP contribution < -0.4 is 5.32 Å². The molecule has 0 bridgehead atoms. The molecule has 1 aromatic heterocycles. The summed E-state index contributed by atoms with van der Waals surface area (Å²) in [6.45, 7) is -0.558. The van der Waals surface area contributed by atoms with E-state index >= 15 is 0 Å². The molecule has 0 atom stereocenters. The second kappa shape index (κ2) is 7.47. The van der Waals surface area contributed by atoms with E-state index in [-0.39, 0.29) is 39.6 Å². The average Bonchev–Trinajstić information content (AvgIpc) is 2.76. The fourth-order valence-corrected chi connectivity index (χ4v) is 3.12. The highest BCUT2D eigenvalue weighted by atomic mass is 16.5. The lowest BCUT2D eigenvalue weighted by Gasteiger charge is -2.20. The van der Waals surface area contributed by atoms with Crippen LogP contribution in [0.4, 0.5) is 5.69 Å². The van der Waals surface area contributed by atoms with Crippen LogP contribution in [-0.2, 0) is 9.53 Å². The van der Waals surface area contributed by atoms with E-state index in [4.69, 9.17) is 4.74 Å². The van der Waals surface area contributed by atoms with Gasteiger partial charge in [0, 0.05) is 22.9 Å². The third-order valence-electron chi connectivity index (χ3n) is 4.43. The van der Waals surface area contributed by atoms with E-state index < -0.39 is 18.5 Å². The van der Waals surface area contributed by atoms with Crippen molar-refractivity contribution in [3.8, 4) is 0 Å². The van der Waals surface area contributed by atoms with Gasteiger partial charge in [-0.2, -0.15) is 0 Å². The Morgan fingerprint density at radius 3 is 2.24 bits per heavy atom. The van der Waals surface area contributed by atoms with E-state index in [0.29, 0.717) is 5.56 Å². The Morgan fingerprint density at radius 1 is 0.828 bits per heavy atom. The summed E-state index contributed by atoms with van der Waals surface area (Å²) in [5.74, 6) is -2.01. The zero-order chi connectivity index (χ0) is 20.4. The fraction of sp³-hybridized carbons (Fsp3) is 0.0455. The van der Waals surface area contributed by atoms with Crippen LogP contribution in [0.2, 0.25) is 0 Å². The number of amides is 1. The van der Waals surface area contributed by atoms with Crippen molar-refractivity contribution < 1.29 is 23.9 Å². The number of carbonyl (C=O) groups is 4. The zero-order valence-corrected chi connectivity index (χ0v) is 15.0.